The first-order chi connectivity index (χ1) is 17.3. The van der Waals surface area contributed by atoms with Crippen molar-refractivity contribution in [1.82, 2.24) is 24.1 Å². The van der Waals surface area contributed by atoms with E-state index in [0.29, 0.717) is 22.3 Å². The maximum Gasteiger partial charge on any atom is 0.354 e. The maximum absolute atomic E-state index is 13.3. The van der Waals surface area contributed by atoms with E-state index in [1.165, 1.54) is 30.1 Å². The number of nitrogens with one attached hydrogen (secondary N) is 1. The fraction of sp³-hybridized carbons (Fsp3) is 0.167. The van der Waals surface area contributed by atoms with Crippen LogP contribution in [0.1, 0.15) is 12.5 Å². The van der Waals surface area contributed by atoms with Gasteiger partial charge in [-0.15, -0.1) is 0 Å². The molecule has 4 rings (SSSR count). The molecule has 0 bridgehead atoms. The number of carboxylic acid groups (broad SMARTS) is 1. The summed E-state index contributed by atoms with van der Waals surface area (Å²) < 4.78 is 7.71. The summed E-state index contributed by atoms with van der Waals surface area (Å²) in [5, 5.41) is 12.8. The molecule has 0 aliphatic heterocycles. The van der Waals surface area contributed by atoms with Crippen molar-refractivity contribution in [2.24, 2.45) is 5.92 Å². The molecule has 0 fully saturated rings. The van der Waals surface area contributed by atoms with Gasteiger partial charge in [0.1, 0.15) is 5.75 Å². The minimum atomic E-state index is -1.13. The van der Waals surface area contributed by atoms with Crippen LogP contribution in [0.3, 0.4) is 0 Å². The summed E-state index contributed by atoms with van der Waals surface area (Å²) in [4.78, 5) is 49.3. The van der Waals surface area contributed by atoms with Gasteiger partial charge in [0.2, 0.25) is 11.8 Å². The van der Waals surface area contributed by atoms with Crippen molar-refractivity contribution in [3.63, 3.8) is 0 Å². The molecule has 36 heavy (non-hydrogen) atoms. The van der Waals surface area contributed by atoms with Gasteiger partial charge in [0.25, 0.3) is 0 Å². The van der Waals surface area contributed by atoms with E-state index in [1.807, 2.05) is 0 Å². The molecule has 2 N–H and O–H groups in total. The van der Waals surface area contributed by atoms with Crippen molar-refractivity contribution in [3.8, 4) is 11.6 Å². The fourth-order valence-corrected chi connectivity index (χ4v) is 3.37. The summed E-state index contributed by atoms with van der Waals surface area (Å²) in [6, 6.07) is 13.6. The Morgan fingerprint density at radius 3 is 2.44 bits per heavy atom. The lowest BCUT2D eigenvalue weighted by Gasteiger charge is -2.17. The number of aliphatic carboxylic acids is 1. The Labute approximate surface area is 209 Å². The van der Waals surface area contributed by atoms with Gasteiger partial charge in [0, 0.05) is 29.6 Å². The quantitative estimate of drug-likeness (QED) is 0.348. The highest BCUT2D eigenvalue weighted by Gasteiger charge is 2.19. The number of rotatable bonds is 9. The van der Waals surface area contributed by atoms with Gasteiger partial charge in [-0.1, -0.05) is 30.7 Å². The number of hydrogen-bond donors (Lipinski definition) is 2. The number of hydrogen-bond acceptors (Lipinski definition) is 8. The lowest BCUT2D eigenvalue weighted by atomic mass is 10.2. The lowest BCUT2D eigenvalue weighted by Crippen LogP contribution is -2.44. The van der Waals surface area contributed by atoms with Crippen molar-refractivity contribution in [1.29, 1.82) is 0 Å². The van der Waals surface area contributed by atoms with Crippen LogP contribution in [0.5, 0.6) is 11.6 Å². The van der Waals surface area contributed by atoms with E-state index in [4.69, 9.17) is 16.3 Å². The second kappa shape index (κ2) is 10.8. The zero-order valence-electron chi connectivity index (χ0n) is 19.0. The number of anilines is 2. The molecule has 2 aromatic heterocycles. The molecule has 0 spiro atoms. The molecule has 184 valence electrons. The number of carboxylic acids is 1. The second-order valence-corrected chi connectivity index (χ2v) is 8.29. The van der Waals surface area contributed by atoms with E-state index in [9.17, 15) is 19.5 Å². The smallest absolute Gasteiger partial charge is 0.354 e. The van der Waals surface area contributed by atoms with E-state index in [2.05, 4.69) is 20.3 Å². The molecule has 2 heterocycles. The van der Waals surface area contributed by atoms with Gasteiger partial charge in [-0.05, 0) is 42.0 Å². The molecule has 0 unspecified atom stereocenters. The molecule has 2 aromatic carbocycles. The molecule has 11 nitrogen and oxygen atoms in total. The highest BCUT2D eigenvalue weighted by Crippen LogP contribution is 2.22. The van der Waals surface area contributed by atoms with Gasteiger partial charge >= 0.3 is 17.3 Å². The number of benzene rings is 2. The molecule has 0 aliphatic carbocycles. The normalized spacial score (nSPS) is 11.6. The molecular formula is C24H21ClN6O5. The Kier molecular flexibility index (Phi) is 7.40. The number of aromatic nitrogens is 5. The number of nitrogens with zero attached hydrogens (tertiary/aromatic N) is 5. The van der Waals surface area contributed by atoms with E-state index in [1.54, 1.807) is 48.5 Å². The third-order valence-electron chi connectivity index (χ3n) is 5.15. The van der Waals surface area contributed by atoms with Crippen molar-refractivity contribution < 1.29 is 14.6 Å². The minimum absolute atomic E-state index is 0.00164. The fourth-order valence-electron chi connectivity index (χ4n) is 3.24. The van der Waals surface area contributed by atoms with Crippen LogP contribution in [0.4, 0.5) is 11.6 Å². The summed E-state index contributed by atoms with van der Waals surface area (Å²) >= 11 is 5.97. The van der Waals surface area contributed by atoms with E-state index >= 15 is 0 Å². The molecule has 0 amide bonds. The van der Waals surface area contributed by atoms with Crippen LogP contribution in [0, 0.1) is 5.92 Å². The van der Waals surface area contributed by atoms with Gasteiger partial charge in [-0.3, -0.25) is 14.3 Å². The summed E-state index contributed by atoms with van der Waals surface area (Å²) in [6.45, 7) is 1.17. The Morgan fingerprint density at radius 1 is 1.08 bits per heavy atom. The summed E-state index contributed by atoms with van der Waals surface area (Å²) in [6.07, 6.45) is 4.52. The lowest BCUT2D eigenvalue weighted by molar-refractivity contribution is -0.141. The summed E-state index contributed by atoms with van der Waals surface area (Å²) in [7, 11) is 0. The van der Waals surface area contributed by atoms with Crippen molar-refractivity contribution in [3.05, 3.63) is 98.7 Å². The predicted octanol–water partition coefficient (Wildman–Crippen LogP) is 3.15. The topological polar surface area (TPSA) is 141 Å². The standard InChI is InChI=1S/C24H21ClN6O5/c1-15(21(32)33)13-31-23(34)29-22(30(24(31)35)14-16-2-4-17(25)5-3-16)28-18-6-8-19(9-7-18)36-20-12-26-10-11-27-20/h2-12,15H,13-14H2,1H3,(H,32,33)(H,28,29,34)/t15-/m0/s1. The van der Waals surface area contributed by atoms with Crippen LogP contribution < -0.4 is 21.4 Å². The monoisotopic (exact) mass is 508 g/mol. The first-order valence-electron chi connectivity index (χ1n) is 10.8. The number of ether oxygens (including phenoxy) is 1. The van der Waals surface area contributed by atoms with Crippen LogP contribution in [0.2, 0.25) is 5.02 Å². The van der Waals surface area contributed by atoms with Crippen LogP contribution in [-0.4, -0.2) is 35.2 Å². The minimum Gasteiger partial charge on any atom is -0.481 e. The van der Waals surface area contributed by atoms with Crippen molar-refractivity contribution in [2.75, 3.05) is 5.32 Å². The average Bonchev–Trinajstić information content (AvgIpc) is 2.87. The highest BCUT2D eigenvalue weighted by atomic mass is 35.5. The highest BCUT2D eigenvalue weighted by molar-refractivity contribution is 6.30. The zero-order valence-corrected chi connectivity index (χ0v) is 19.8. The first kappa shape index (κ1) is 24.6. The van der Waals surface area contributed by atoms with Gasteiger partial charge < -0.3 is 15.2 Å². The molecule has 0 aliphatic rings. The van der Waals surface area contributed by atoms with Crippen LogP contribution in [0.15, 0.2) is 76.7 Å². The summed E-state index contributed by atoms with van der Waals surface area (Å²) in [5.74, 6) is -1.25. The summed E-state index contributed by atoms with van der Waals surface area (Å²) in [5.41, 5.74) is -0.279. The van der Waals surface area contributed by atoms with Crippen molar-refractivity contribution >= 4 is 29.2 Å². The third-order valence-corrected chi connectivity index (χ3v) is 5.41. The van der Waals surface area contributed by atoms with Crippen LogP contribution in [-0.2, 0) is 17.9 Å². The SMILES string of the molecule is C[C@@H](Cn1c(=O)nc(Nc2ccc(Oc3cnccn3)cc2)n(Cc2ccc(Cl)cc2)c1=O)C(=O)O. The largest absolute Gasteiger partial charge is 0.481 e. The Hall–Kier alpha value is -4.51. The maximum atomic E-state index is 13.3. The predicted molar refractivity (Wildman–Crippen MR) is 132 cm³/mol. The third kappa shape index (κ3) is 5.94. The molecule has 0 radical (unpaired) electrons. The molecule has 0 saturated heterocycles. The Bertz CT molecular complexity index is 1470. The number of halogens is 1. The Morgan fingerprint density at radius 2 is 1.81 bits per heavy atom. The van der Waals surface area contributed by atoms with E-state index < -0.39 is 23.3 Å². The van der Waals surface area contributed by atoms with Gasteiger partial charge in [-0.25, -0.2) is 19.1 Å². The number of carbonyl (C=O) groups is 1. The second-order valence-electron chi connectivity index (χ2n) is 7.86. The zero-order chi connectivity index (χ0) is 25.7. The van der Waals surface area contributed by atoms with Gasteiger partial charge in [0.15, 0.2) is 0 Å². The van der Waals surface area contributed by atoms with E-state index in [0.717, 1.165) is 10.1 Å². The Balaban J connectivity index is 1.66. The van der Waals surface area contributed by atoms with E-state index in [-0.39, 0.29) is 19.0 Å². The van der Waals surface area contributed by atoms with Crippen LogP contribution >= 0.6 is 11.6 Å². The molecule has 1 atom stereocenters. The van der Waals surface area contributed by atoms with Crippen LogP contribution in [0.25, 0.3) is 0 Å². The van der Waals surface area contributed by atoms with Gasteiger partial charge in [0.05, 0.1) is 18.7 Å². The van der Waals surface area contributed by atoms with Gasteiger partial charge in [-0.2, -0.15) is 4.98 Å². The molecule has 4 aromatic rings. The molecule has 12 heteroatoms. The first-order valence-corrected chi connectivity index (χ1v) is 11.2. The average molecular weight is 509 g/mol. The van der Waals surface area contributed by atoms with Crippen molar-refractivity contribution in [2.45, 2.75) is 20.0 Å². The molecular weight excluding hydrogens is 488 g/mol. The molecule has 0 saturated carbocycles.